The van der Waals surface area contributed by atoms with Gasteiger partial charge in [0.25, 0.3) is 0 Å². The van der Waals surface area contributed by atoms with E-state index in [0.717, 1.165) is 0 Å². The predicted octanol–water partition coefficient (Wildman–Crippen LogP) is 20.9. The van der Waals surface area contributed by atoms with E-state index in [1.165, 1.54) is 130 Å². The largest absolute Gasteiger partial charge is 0.134 e. The Labute approximate surface area is 440 Å². The first-order valence-corrected chi connectivity index (χ1v) is 27.3. The summed E-state index contributed by atoms with van der Waals surface area (Å²) in [7, 11) is 0. The molecule has 1 aromatic heterocycles. The normalized spacial score (nSPS) is 14.2. The molecule has 0 radical (unpaired) electrons. The molecule has 1 aliphatic heterocycles. The first-order chi connectivity index (χ1) is 36.8. The third kappa shape index (κ3) is 7.52. The van der Waals surface area contributed by atoms with Crippen LogP contribution >= 0.6 is 23.1 Å². The highest BCUT2D eigenvalue weighted by Crippen LogP contribution is 2.63. The van der Waals surface area contributed by atoms with E-state index in [1.54, 1.807) is 0 Å². The van der Waals surface area contributed by atoms with Crippen molar-refractivity contribution in [3.8, 4) is 77.2 Å². The van der Waals surface area contributed by atoms with Crippen molar-refractivity contribution in [2.75, 3.05) is 0 Å². The minimum Gasteiger partial charge on any atom is -0.134 e. The summed E-state index contributed by atoms with van der Waals surface area (Å²) >= 11 is 3.97. The predicted molar refractivity (Wildman–Crippen MR) is 318 cm³/mol. The highest BCUT2D eigenvalue weighted by molar-refractivity contribution is 8.00. The van der Waals surface area contributed by atoms with Crippen molar-refractivity contribution >= 4 is 54.7 Å². The van der Waals surface area contributed by atoms with Crippen LogP contribution in [0.2, 0.25) is 0 Å². The molecule has 0 amide bonds. The zero-order valence-electron chi connectivity index (χ0n) is 40.5. The first kappa shape index (κ1) is 44.2. The van der Waals surface area contributed by atoms with Crippen LogP contribution in [0.4, 0.5) is 0 Å². The lowest BCUT2D eigenvalue weighted by Gasteiger charge is -2.23. The van der Waals surface area contributed by atoms with Crippen LogP contribution in [0.3, 0.4) is 0 Å². The van der Waals surface area contributed by atoms with Gasteiger partial charge in [0.1, 0.15) is 0 Å². The maximum Gasteiger partial charge on any atom is 0.0454 e. The van der Waals surface area contributed by atoms with Crippen molar-refractivity contribution in [1.82, 2.24) is 0 Å². The maximum absolute atomic E-state index is 2.39. The van der Waals surface area contributed by atoms with E-state index < -0.39 is 0 Å². The molecule has 12 aromatic carbocycles. The Kier molecular flexibility index (Phi) is 11.2. The number of benzene rings is 12. The van der Waals surface area contributed by atoms with E-state index in [4.69, 9.17) is 0 Å². The molecule has 0 N–H and O–H groups in total. The molecule has 14 rings (SSSR count). The van der Waals surface area contributed by atoms with Gasteiger partial charge in [-0.1, -0.05) is 279 Å². The van der Waals surface area contributed by atoms with Gasteiger partial charge in [0.05, 0.1) is 0 Å². The molecule has 2 heteroatoms. The number of fused-ring (bicyclic) bond motifs is 6. The quantitative estimate of drug-likeness (QED) is 0.139. The molecular formula is C72H48S2. The van der Waals surface area contributed by atoms with Crippen LogP contribution in [-0.4, -0.2) is 0 Å². The molecule has 0 saturated carbocycles. The molecule has 0 nitrogen and oxygen atoms in total. The molecule has 2 unspecified atom stereocenters. The van der Waals surface area contributed by atoms with Gasteiger partial charge >= 0.3 is 0 Å². The maximum atomic E-state index is 2.39. The van der Waals surface area contributed by atoms with Crippen LogP contribution in [0.5, 0.6) is 0 Å². The highest BCUT2D eigenvalue weighted by Gasteiger charge is 2.40. The molecule has 74 heavy (non-hydrogen) atoms. The van der Waals surface area contributed by atoms with E-state index in [1.807, 2.05) is 23.1 Å². The molecule has 0 saturated heterocycles. The van der Waals surface area contributed by atoms with Gasteiger partial charge < -0.3 is 0 Å². The topological polar surface area (TPSA) is 0 Å². The molecule has 2 heterocycles. The van der Waals surface area contributed by atoms with E-state index in [-0.39, 0.29) is 11.2 Å². The Morgan fingerprint density at radius 3 is 1.16 bits per heavy atom. The van der Waals surface area contributed by atoms with E-state index in [0.29, 0.717) is 0 Å². The van der Waals surface area contributed by atoms with Crippen molar-refractivity contribution < 1.29 is 0 Å². The Bertz CT molecular complexity index is 4150. The lowest BCUT2D eigenvalue weighted by molar-refractivity contribution is 0.805. The summed E-state index contributed by atoms with van der Waals surface area (Å²) < 4.78 is 1.31. The second kappa shape index (κ2) is 18.8. The number of hydrogen-bond donors (Lipinski definition) is 0. The van der Waals surface area contributed by atoms with E-state index >= 15 is 0 Å². The van der Waals surface area contributed by atoms with Gasteiger partial charge in [-0.15, -0.1) is 23.1 Å². The zero-order valence-corrected chi connectivity index (χ0v) is 42.2. The van der Waals surface area contributed by atoms with Crippen LogP contribution in [0, 0.1) is 0 Å². The Morgan fingerprint density at radius 1 is 0.257 bits per heavy atom. The number of rotatable bonds is 9. The van der Waals surface area contributed by atoms with Gasteiger partial charge in [-0.25, -0.2) is 0 Å². The summed E-state index contributed by atoms with van der Waals surface area (Å²) in [5.74, 6) is 0.155. The molecule has 0 spiro atoms. The van der Waals surface area contributed by atoms with Crippen molar-refractivity contribution in [3.05, 3.63) is 296 Å². The van der Waals surface area contributed by atoms with Gasteiger partial charge in [0, 0.05) is 47.7 Å². The molecule has 1 aliphatic rings. The summed E-state index contributed by atoms with van der Waals surface area (Å²) in [6.45, 7) is 0. The second-order valence-corrected chi connectivity index (χ2v) is 21.5. The number of thiophene rings is 1. The third-order valence-corrected chi connectivity index (χ3v) is 17.8. The van der Waals surface area contributed by atoms with Crippen molar-refractivity contribution in [3.63, 3.8) is 0 Å². The molecule has 0 bridgehead atoms. The molecule has 348 valence electrons. The highest BCUT2D eigenvalue weighted by atomic mass is 32.2. The molecule has 0 fully saturated rings. The smallest absolute Gasteiger partial charge is 0.0454 e. The molecule has 2 atom stereocenters. The molecule has 0 aliphatic carbocycles. The monoisotopic (exact) mass is 976 g/mol. The Morgan fingerprint density at radius 2 is 0.635 bits per heavy atom. The minimum absolute atomic E-state index is 0.155. The average molecular weight is 977 g/mol. The van der Waals surface area contributed by atoms with Crippen LogP contribution < -0.4 is 0 Å². The van der Waals surface area contributed by atoms with Crippen molar-refractivity contribution in [2.24, 2.45) is 0 Å². The lowest BCUT2D eigenvalue weighted by Crippen LogP contribution is -2.06. The fourth-order valence-corrected chi connectivity index (χ4v) is 14.9. The SMILES string of the molecule is c1ccc(-c2c3c(c4ccccc4c2-c2ccccc2)C(c2ccccc2)C(c2ccc(-c4ccc(-c5sc6c(-c7ccccc7)c(-c7ccccc7)c7ccccc7c6c5-c5ccccc5)cc4)cc2)S3)cc1. The summed E-state index contributed by atoms with van der Waals surface area (Å²) in [5.41, 5.74) is 20.4. The summed E-state index contributed by atoms with van der Waals surface area (Å²) in [6, 6.07) is 103. The Balaban J connectivity index is 0.892. The minimum atomic E-state index is 0.155. The summed E-state index contributed by atoms with van der Waals surface area (Å²) in [6.07, 6.45) is 0. The van der Waals surface area contributed by atoms with E-state index in [9.17, 15) is 0 Å². The van der Waals surface area contributed by atoms with Crippen molar-refractivity contribution in [1.29, 1.82) is 0 Å². The molecule has 13 aromatic rings. The van der Waals surface area contributed by atoms with Gasteiger partial charge in [0.15, 0.2) is 0 Å². The third-order valence-electron chi connectivity index (χ3n) is 15.1. The second-order valence-electron chi connectivity index (χ2n) is 19.3. The number of hydrogen-bond acceptors (Lipinski definition) is 2. The average Bonchev–Trinajstić information content (AvgIpc) is 4.11. The van der Waals surface area contributed by atoms with Gasteiger partial charge in [0.2, 0.25) is 0 Å². The van der Waals surface area contributed by atoms with Gasteiger partial charge in [-0.2, -0.15) is 0 Å². The first-order valence-electron chi connectivity index (χ1n) is 25.6. The van der Waals surface area contributed by atoms with Gasteiger partial charge in [-0.3, -0.25) is 0 Å². The fourth-order valence-electron chi connectivity index (χ4n) is 11.8. The van der Waals surface area contributed by atoms with Crippen LogP contribution in [0.25, 0.3) is 109 Å². The zero-order chi connectivity index (χ0) is 49.0. The Hall–Kier alpha value is -8.53. The lowest BCUT2D eigenvalue weighted by atomic mass is 9.79. The van der Waals surface area contributed by atoms with Crippen LogP contribution in [0.15, 0.2) is 284 Å². The van der Waals surface area contributed by atoms with E-state index in [2.05, 4.69) is 279 Å². The van der Waals surface area contributed by atoms with Gasteiger partial charge in [-0.05, 0) is 93.9 Å². The fraction of sp³-hybridized carbons (Fsp3) is 0.0278. The summed E-state index contributed by atoms with van der Waals surface area (Å²) in [4.78, 5) is 2.66. The van der Waals surface area contributed by atoms with Crippen LogP contribution in [0.1, 0.15) is 27.9 Å². The molecular weight excluding hydrogens is 929 g/mol. The number of thioether (sulfide) groups is 1. The van der Waals surface area contributed by atoms with Crippen LogP contribution in [-0.2, 0) is 0 Å². The van der Waals surface area contributed by atoms with Crippen molar-refractivity contribution in [2.45, 2.75) is 16.1 Å². The standard InChI is InChI=1S/C72H48S2/c1-7-23-49(24-8-1)61-57-35-19-21-37-59(57)67-65(53-31-15-5-16-32-53)69(73-71(67)63(61)51-27-11-3-12-28-51)55-43-39-47(40-44-55)48-41-45-56(46-42-48)70-66(54-33-17-6-18-34-54)68-60-38-22-20-36-58(60)62(50-25-9-2-10-26-50)64(72(68)74-70)52-29-13-4-14-30-52/h1-46,65,69H. The summed E-state index contributed by atoms with van der Waals surface area (Å²) in [5, 5.41) is 6.65.